The first-order valence-electron chi connectivity index (χ1n) is 9.74. The van der Waals surface area contributed by atoms with Gasteiger partial charge in [-0.3, -0.25) is 5.32 Å². The predicted octanol–water partition coefficient (Wildman–Crippen LogP) is 2.73. The van der Waals surface area contributed by atoms with Gasteiger partial charge >= 0.3 is 12.1 Å². The molecule has 11 heteroatoms. The number of benzene rings is 1. The lowest BCUT2D eigenvalue weighted by molar-refractivity contribution is 0.147. The van der Waals surface area contributed by atoms with Crippen LogP contribution in [0.3, 0.4) is 0 Å². The maximum absolute atomic E-state index is 11.9. The molecule has 0 fully saturated rings. The normalized spacial score (nSPS) is 11.1. The lowest BCUT2D eigenvalue weighted by Gasteiger charge is -2.10. The second kappa shape index (κ2) is 8.78. The quantitative estimate of drug-likeness (QED) is 0.482. The van der Waals surface area contributed by atoms with Gasteiger partial charge in [-0.05, 0) is 40.6 Å². The Hall–Kier alpha value is -4.02. The number of ether oxygens (including phenoxy) is 2. The zero-order valence-corrected chi connectivity index (χ0v) is 17.4. The number of tetrazole rings is 1. The number of fused-ring (bicyclic) bond motifs is 1. The molecular weight excluding hydrogens is 400 g/mol. The van der Waals surface area contributed by atoms with Gasteiger partial charge in [0.15, 0.2) is 0 Å². The molecule has 4 rings (SSSR count). The molecule has 160 valence electrons. The van der Waals surface area contributed by atoms with Crippen molar-refractivity contribution in [2.45, 2.75) is 20.5 Å². The smallest absolute Gasteiger partial charge is 0.412 e. The third-order valence-corrected chi connectivity index (χ3v) is 4.26. The molecule has 1 amide bonds. The summed E-state index contributed by atoms with van der Waals surface area (Å²) in [6.07, 6.45) is -0.546. The van der Waals surface area contributed by atoms with E-state index in [1.807, 2.05) is 38.1 Å². The van der Waals surface area contributed by atoms with Gasteiger partial charge in [0.05, 0.1) is 23.3 Å². The molecule has 0 unspecified atom stereocenters. The number of carbonyl (C=O) groups excluding carboxylic acids is 1. The Kier molecular flexibility index (Phi) is 5.74. The number of pyridine rings is 1. The highest BCUT2D eigenvalue weighted by molar-refractivity contribution is 5.83. The summed E-state index contributed by atoms with van der Waals surface area (Å²) in [7, 11) is 1.74. The molecule has 3 heterocycles. The fraction of sp³-hybridized carbons (Fsp3) is 0.300. The van der Waals surface area contributed by atoms with Crippen LogP contribution in [0.25, 0.3) is 17.0 Å². The molecule has 1 N–H and O–H groups in total. The maximum atomic E-state index is 11.9. The highest BCUT2D eigenvalue weighted by Crippen LogP contribution is 2.25. The number of hydrogen-bond donors (Lipinski definition) is 1. The van der Waals surface area contributed by atoms with E-state index in [-0.39, 0.29) is 12.5 Å². The van der Waals surface area contributed by atoms with E-state index < -0.39 is 6.09 Å². The van der Waals surface area contributed by atoms with E-state index in [0.29, 0.717) is 30.1 Å². The van der Waals surface area contributed by atoms with Crippen LogP contribution in [-0.2, 0) is 18.4 Å². The average Bonchev–Trinajstić information content (AvgIpc) is 3.33. The number of aryl methyl sites for hydroxylation is 1. The standard InChI is InChI=1S/C20H22N8O3/c1-13(2)11-31-20(29)23-17-10-6-7-14(21-17)12-30-19-22-15-8-4-5-9-16(15)28(19)18-24-25-26-27(18)3/h4-10,13H,11-12H2,1-3H3,(H,21,23,29). The fourth-order valence-corrected chi connectivity index (χ4v) is 2.86. The topological polar surface area (TPSA) is 122 Å². The fourth-order valence-electron chi connectivity index (χ4n) is 2.86. The summed E-state index contributed by atoms with van der Waals surface area (Å²) in [5, 5.41) is 14.3. The summed E-state index contributed by atoms with van der Waals surface area (Å²) < 4.78 is 14.4. The molecule has 0 aliphatic carbocycles. The molecule has 0 saturated heterocycles. The van der Waals surface area contributed by atoms with E-state index >= 15 is 0 Å². The van der Waals surface area contributed by atoms with Crippen molar-refractivity contribution >= 4 is 22.9 Å². The number of aromatic nitrogens is 7. The van der Waals surface area contributed by atoms with Crippen LogP contribution in [0.1, 0.15) is 19.5 Å². The first kappa shape index (κ1) is 20.3. The van der Waals surface area contributed by atoms with Gasteiger partial charge in [-0.2, -0.15) is 4.98 Å². The zero-order chi connectivity index (χ0) is 21.8. The van der Waals surface area contributed by atoms with Crippen LogP contribution in [0.15, 0.2) is 42.5 Å². The molecule has 0 aliphatic rings. The summed E-state index contributed by atoms with van der Waals surface area (Å²) in [6.45, 7) is 4.40. The van der Waals surface area contributed by atoms with Gasteiger partial charge in [0.25, 0.3) is 5.95 Å². The predicted molar refractivity (Wildman–Crippen MR) is 112 cm³/mol. The van der Waals surface area contributed by atoms with Gasteiger partial charge in [0, 0.05) is 7.05 Å². The van der Waals surface area contributed by atoms with Gasteiger partial charge in [0.2, 0.25) is 0 Å². The van der Waals surface area contributed by atoms with Crippen LogP contribution in [0.4, 0.5) is 10.6 Å². The lowest BCUT2D eigenvalue weighted by Crippen LogP contribution is -2.17. The molecule has 11 nitrogen and oxygen atoms in total. The zero-order valence-electron chi connectivity index (χ0n) is 17.4. The summed E-state index contributed by atoms with van der Waals surface area (Å²) in [6, 6.07) is 13.2. The number of imidazole rings is 1. The van der Waals surface area contributed by atoms with Gasteiger partial charge in [-0.25, -0.2) is 19.0 Å². The molecule has 0 atom stereocenters. The van der Waals surface area contributed by atoms with Crippen molar-refractivity contribution in [2.75, 3.05) is 11.9 Å². The minimum absolute atomic E-state index is 0.130. The Balaban J connectivity index is 1.52. The van der Waals surface area contributed by atoms with Crippen LogP contribution >= 0.6 is 0 Å². The third kappa shape index (κ3) is 4.60. The van der Waals surface area contributed by atoms with Crippen molar-refractivity contribution in [3.05, 3.63) is 48.2 Å². The summed E-state index contributed by atoms with van der Waals surface area (Å²) >= 11 is 0. The van der Waals surface area contributed by atoms with E-state index in [2.05, 4.69) is 30.8 Å². The first-order chi connectivity index (χ1) is 15.0. The molecule has 0 radical (unpaired) electrons. The highest BCUT2D eigenvalue weighted by Gasteiger charge is 2.18. The Morgan fingerprint density at radius 2 is 1.97 bits per heavy atom. The molecule has 0 spiro atoms. The minimum atomic E-state index is -0.546. The Bertz CT molecular complexity index is 1200. The van der Waals surface area contributed by atoms with E-state index in [1.165, 1.54) is 4.68 Å². The number of para-hydroxylation sites is 2. The largest absolute Gasteiger partial charge is 0.458 e. The van der Waals surface area contributed by atoms with Gasteiger partial charge in [0.1, 0.15) is 12.4 Å². The number of rotatable bonds is 7. The molecule has 0 bridgehead atoms. The Labute approximate surface area is 178 Å². The van der Waals surface area contributed by atoms with Crippen molar-refractivity contribution < 1.29 is 14.3 Å². The van der Waals surface area contributed by atoms with Crippen molar-refractivity contribution in [3.63, 3.8) is 0 Å². The van der Waals surface area contributed by atoms with Gasteiger partial charge in [-0.1, -0.05) is 37.1 Å². The van der Waals surface area contributed by atoms with E-state index in [1.54, 1.807) is 29.8 Å². The van der Waals surface area contributed by atoms with Gasteiger partial charge in [-0.15, -0.1) is 0 Å². The average molecular weight is 422 g/mol. The van der Waals surface area contributed by atoms with E-state index in [4.69, 9.17) is 9.47 Å². The molecule has 31 heavy (non-hydrogen) atoms. The SMILES string of the molecule is CC(C)COC(=O)Nc1cccc(COc2nc3ccccc3n2-c2nnnn2C)n1. The van der Waals surface area contributed by atoms with Crippen LogP contribution < -0.4 is 10.1 Å². The molecule has 3 aromatic heterocycles. The molecular formula is C20H22N8O3. The Morgan fingerprint density at radius 1 is 1.13 bits per heavy atom. The maximum Gasteiger partial charge on any atom is 0.412 e. The van der Waals surface area contributed by atoms with Gasteiger partial charge < -0.3 is 9.47 Å². The summed E-state index contributed by atoms with van der Waals surface area (Å²) in [4.78, 5) is 20.8. The minimum Gasteiger partial charge on any atom is -0.458 e. The lowest BCUT2D eigenvalue weighted by atomic mass is 10.2. The number of amides is 1. The molecule has 4 aromatic rings. The Morgan fingerprint density at radius 3 is 2.74 bits per heavy atom. The summed E-state index contributed by atoms with van der Waals surface area (Å²) in [5.41, 5.74) is 2.17. The molecule has 0 aliphatic heterocycles. The van der Waals surface area contributed by atoms with Crippen molar-refractivity contribution in [2.24, 2.45) is 13.0 Å². The number of nitrogens with one attached hydrogen (secondary N) is 1. The van der Waals surface area contributed by atoms with Crippen LogP contribution in [-0.4, -0.2) is 47.4 Å². The van der Waals surface area contributed by atoms with Crippen molar-refractivity contribution in [1.82, 2.24) is 34.7 Å². The highest BCUT2D eigenvalue weighted by atomic mass is 16.5. The van der Waals surface area contributed by atoms with Crippen LogP contribution in [0.2, 0.25) is 0 Å². The van der Waals surface area contributed by atoms with Crippen LogP contribution in [0.5, 0.6) is 6.01 Å². The van der Waals surface area contributed by atoms with E-state index in [0.717, 1.165) is 11.0 Å². The van der Waals surface area contributed by atoms with Crippen LogP contribution in [0, 0.1) is 5.92 Å². The molecule has 1 aromatic carbocycles. The van der Waals surface area contributed by atoms with Crippen molar-refractivity contribution in [3.8, 4) is 12.0 Å². The number of anilines is 1. The van der Waals surface area contributed by atoms with E-state index in [9.17, 15) is 4.79 Å². The second-order valence-electron chi connectivity index (χ2n) is 7.24. The monoisotopic (exact) mass is 422 g/mol. The molecule has 0 saturated carbocycles. The number of nitrogens with zero attached hydrogens (tertiary/aromatic N) is 7. The first-order valence-corrected chi connectivity index (χ1v) is 9.74. The number of carbonyl (C=O) groups is 1. The second-order valence-corrected chi connectivity index (χ2v) is 7.24. The van der Waals surface area contributed by atoms with Crippen molar-refractivity contribution in [1.29, 1.82) is 0 Å². The summed E-state index contributed by atoms with van der Waals surface area (Å²) in [5.74, 6) is 1.10. The third-order valence-electron chi connectivity index (χ3n) is 4.26. The number of hydrogen-bond acceptors (Lipinski definition) is 8.